The number of sulfonamides is 1. The number of rotatable bonds is 14. The van der Waals surface area contributed by atoms with E-state index >= 15 is 0 Å². The van der Waals surface area contributed by atoms with Crippen molar-refractivity contribution in [1.82, 2.24) is 10.2 Å². The Bertz CT molecular complexity index is 1440. The predicted molar refractivity (Wildman–Crippen MR) is 171 cm³/mol. The van der Waals surface area contributed by atoms with Crippen LogP contribution in [0.4, 0.5) is 5.69 Å². The molecule has 1 N–H and O–H groups in total. The van der Waals surface area contributed by atoms with Crippen LogP contribution in [-0.2, 0) is 32.6 Å². The van der Waals surface area contributed by atoms with Gasteiger partial charge in [0.25, 0.3) is 0 Å². The van der Waals surface area contributed by atoms with Crippen LogP contribution in [0.5, 0.6) is 5.75 Å². The van der Waals surface area contributed by atoms with Gasteiger partial charge in [0, 0.05) is 37.0 Å². The largest absolute Gasteiger partial charge is 0.497 e. The Morgan fingerprint density at radius 3 is 2.21 bits per heavy atom. The summed E-state index contributed by atoms with van der Waals surface area (Å²) in [7, 11) is -2.06. The number of carbonyl (C=O) groups excluding carboxylic acids is 2. The fourth-order valence-corrected chi connectivity index (χ4v) is 6.55. The van der Waals surface area contributed by atoms with Gasteiger partial charge in [0.1, 0.15) is 11.8 Å². The van der Waals surface area contributed by atoms with Crippen LogP contribution in [0.1, 0.15) is 49.7 Å². The molecule has 0 aliphatic heterocycles. The number of amides is 2. The number of ether oxygens (including phenoxy) is 1. The van der Waals surface area contributed by atoms with E-state index in [4.69, 9.17) is 16.3 Å². The van der Waals surface area contributed by atoms with E-state index in [0.29, 0.717) is 22.9 Å². The van der Waals surface area contributed by atoms with Gasteiger partial charge in [-0.25, -0.2) is 8.42 Å². The summed E-state index contributed by atoms with van der Waals surface area (Å²) in [5, 5.41) is 3.79. The molecule has 1 aliphatic rings. The highest BCUT2D eigenvalue weighted by Crippen LogP contribution is 2.24. The van der Waals surface area contributed by atoms with Crippen LogP contribution in [-0.4, -0.2) is 57.1 Å². The molecule has 3 aromatic rings. The number of methoxy groups -OCH3 is 1. The summed E-state index contributed by atoms with van der Waals surface area (Å²) in [6.07, 6.45) is 5.87. The summed E-state index contributed by atoms with van der Waals surface area (Å²) >= 11 is 6.12. The summed E-state index contributed by atoms with van der Waals surface area (Å²) in [4.78, 5) is 29.4. The molecule has 0 aromatic heterocycles. The normalized spacial score (nSPS) is 14.2. The molecule has 43 heavy (non-hydrogen) atoms. The molecule has 0 spiro atoms. The standard InChI is InChI=1S/C33H40ClN3O5S/c1-42-30-20-18-29(19-21-30)37(43(2,40)41)22-8-13-32(38)36(24-26-14-16-27(34)17-15-26)31(23-25-9-4-3-5-10-25)33(39)35-28-11-6-7-12-28/h3-5,9-10,14-21,28,31H,6-8,11-13,22-24H2,1-2H3,(H,35,39). The summed E-state index contributed by atoms with van der Waals surface area (Å²) in [5.74, 6) is 0.222. The molecule has 0 bridgehead atoms. The van der Waals surface area contributed by atoms with Crippen molar-refractivity contribution in [3.8, 4) is 5.75 Å². The molecule has 4 rings (SSSR count). The fourth-order valence-electron chi connectivity index (χ4n) is 5.46. The molecular weight excluding hydrogens is 586 g/mol. The summed E-state index contributed by atoms with van der Waals surface area (Å²) in [6.45, 7) is 0.336. The summed E-state index contributed by atoms with van der Waals surface area (Å²) < 4.78 is 31.8. The molecule has 3 aromatic carbocycles. The van der Waals surface area contributed by atoms with E-state index in [-0.39, 0.29) is 43.8 Å². The minimum atomic E-state index is -3.60. The minimum absolute atomic E-state index is 0.0672. The second kappa shape index (κ2) is 15.3. The lowest BCUT2D eigenvalue weighted by atomic mass is 10.0. The van der Waals surface area contributed by atoms with Crippen molar-refractivity contribution in [3.63, 3.8) is 0 Å². The van der Waals surface area contributed by atoms with Crippen molar-refractivity contribution in [2.24, 2.45) is 0 Å². The zero-order chi connectivity index (χ0) is 30.8. The van der Waals surface area contributed by atoms with Gasteiger partial charge in [0.2, 0.25) is 21.8 Å². The van der Waals surface area contributed by atoms with Crippen LogP contribution < -0.4 is 14.4 Å². The van der Waals surface area contributed by atoms with Crippen molar-refractivity contribution in [2.45, 2.75) is 63.6 Å². The first-order valence-corrected chi connectivity index (χ1v) is 16.9. The molecule has 1 fully saturated rings. The molecule has 10 heteroatoms. The predicted octanol–water partition coefficient (Wildman–Crippen LogP) is 5.59. The number of halogens is 1. The van der Waals surface area contributed by atoms with E-state index in [1.807, 2.05) is 42.5 Å². The van der Waals surface area contributed by atoms with Crippen LogP contribution in [0, 0.1) is 0 Å². The topological polar surface area (TPSA) is 96.0 Å². The number of anilines is 1. The first kappa shape index (κ1) is 32.4. The number of hydrogen-bond acceptors (Lipinski definition) is 5. The van der Waals surface area contributed by atoms with Crippen LogP contribution in [0.15, 0.2) is 78.9 Å². The Labute approximate surface area is 260 Å². The Morgan fingerprint density at radius 1 is 0.953 bits per heavy atom. The highest BCUT2D eigenvalue weighted by atomic mass is 35.5. The Balaban J connectivity index is 1.57. The molecule has 0 heterocycles. The Morgan fingerprint density at radius 2 is 1.60 bits per heavy atom. The Hall–Kier alpha value is -3.56. The summed E-state index contributed by atoms with van der Waals surface area (Å²) in [5.41, 5.74) is 2.29. The lowest BCUT2D eigenvalue weighted by Gasteiger charge is -2.33. The number of carbonyl (C=O) groups is 2. The minimum Gasteiger partial charge on any atom is -0.497 e. The maximum Gasteiger partial charge on any atom is 0.243 e. The molecule has 230 valence electrons. The van der Waals surface area contributed by atoms with Gasteiger partial charge in [-0.2, -0.15) is 0 Å². The van der Waals surface area contributed by atoms with Crippen molar-refractivity contribution >= 4 is 39.1 Å². The van der Waals surface area contributed by atoms with Gasteiger partial charge in [-0.15, -0.1) is 0 Å². The second-order valence-electron chi connectivity index (χ2n) is 11.0. The van der Waals surface area contributed by atoms with Gasteiger partial charge < -0.3 is 15.0 Å². The lowest BCUT2D eigenvalue weighted by Crippen LogP contribution is -2.52. The molecule has 0 saturated heterocycles. The van der Waals surface area contributed by atoms with E-state index in [1.165, 1.54) is 4.31 Å². The highest BCUT2D eigenvalue weighted by molar-refractivity contribution is 7.92. The van der Waals surface area contributed by atoms with Gasteiger partial charge in [-0.3, -0.25) is 13.9 Å². The third-order valence-corrected chi connectivity index (χ3v) is 9.20. The van der Waals surface area contributed by atoms with Crippen molar-refractivity contribution in [2.75, 3.05) is 24.2 Å². The van der Waals surface area contributed by atoms with Crippen molar-refractivity contribution < 1.29 is 22.7 Å². The maximum absolute atomic E-state index is 14.0. The van der Waals surface area contributed by atoms with Gasteiger partial charge in [-0.1, -0.05) is 66.9 Å². The monoisotopic (exact) mass is 625 g/mol. The van der Waals surface area contributed by atoms with Gasteiger partial charge in [0.05, 0.1) is 19.1 Å². The van der Waals surface area contributed by atoms with Gasteiger partial charge in [-0.05, 0) is 66.8 Å². The van der Waals surface area contributed by atoms with Crippen LogP contribution >= 0.6 is 11.6 Å². The third kappa shape index (κ3) is 9.46. The van der Waals surface area contributed by atoms with Gasteiger partial charge >= 0.3 is 0 Å². The number of hydrogen-bond donors (Lipinski definition) is 1. The molecule has 1 atom stereocenters. The smallest absolute Gasteiger partial charge is 0.243 e. The molecule has 8 nitrogen and oxygen atoms in total. The fraction of sp³-hybridized carbons (Fsp3) is 0.394. The van der Waals surface area contributed by atoms with E-state index in [0.717, 1.165) is 43.1 Å². The van der Waals surface area contributed by atoms with Crippen LogP contribution in [0.25, 0.3) is 0 Å². The molecule has 1 unspecified atom stereocenters. The first-order valence-electron chi connectivity index (χ1n) is 14.6. The van der Waals surface area contributed by atoms with Crippen molar-refractivity contribution in [1.29, 1.82) is 0 Å². The summed E-state index contributed by atoms with van der Waals surface area (Å²) in [6, 6.07) is 23.0. The number of benzene rings is 3. The maximum atomic E-state index is 14.0. The zero-order valence-electron chi connectivity index (χ0n) is 24.7. The van der Waals surface area contributed by atoms with Crippen LogP contribution in [0.2, 0.25) is 5.02 Å². The Kier molecular flexibility index (Phi) is 11.5. The third-order valence-electron chi connectivity index (χ3n) is 7.75. The molecule has 1 saturated carbocycles. The molecular formula is C33H40ClN3O5S. The van der Waals surface area contributed by atoms with Crippen molar-refractivity contribution in [3.05, 3.63) is 95.0 Å². The number of nitrogens with one attached hydrogen (secondary N) is 1. The van der Waals surface area contributed by atoms with E-state index in [1.54, 1.807) is 48.4 Å². The molecule has 1 aliphatic carbocycles. The first-order chi connectivity index (χ1) is 20.6. The molecule has 0 radical (unpaired) electrons. The average Bonchev–Trinajstić information content (AvgIpc) is 3.51. The molecule has 2 amide bonds. The van der Waals surface area contributed by atoms with E-state index in [2.05, 4.69) is 5.32 Å². The van der Waals surface area contributed by atoms with Gasteiger partial charge in [0.15, 0.2) is 0 Å². The highest BCUT2D eigenvalue weighted by Gasteiger charge is 2.32. The van der Waals surface area contributed by atoms with E-state index in [9.17, 15) is 18.0 Å². The second-order valence-corrected chi connectivity index (χ2v) is 13.3. The lowest BCUT2D eigenvalue weighted by molar-refractivity contribution is -0.141. The quantitative estimate of drug-likeness (QED) is 0.252. The zero-order valence-corrected chi connectivity index (χ0v) is 26.3. The number of nitrogens with zero attached hydrogens (tertiary/aromatic N) is 2. The SMILES string of the molecule is COc1ccc(N(CCCC(=O)N(Cc2ccc(Cl)cc2)C(Cc2ccccc2)C(=O)NC2CCCC2)S(C)(=O)=O)cc1. The van der Waals surface area contributed by atoms with Crippen LogP contribution in [0.3, 0.4) is 0 Å². The average molecular weight is 626 g/mol. The van der Waals surface area contributed by atoms with E-state index < -0.39 is 16.1 Å².